The number of anilines is 2. The zero-order chi connectivity index (χ0) is 19.6. The van der Waals surface area contributed by atoms with E-state index in [0.717, 1.165) is 24.5 Å². The van der Waals surface area contributed by atoms with Crippen LogP contribution in [-0.4, -0.2) is 48.7 Å². The summed E-state index contributed by atoms with van der Waals surface area (Å²) >= 11 is 1.47. The number of alkyl carbamates (subject to hydrolysis) is 1. The van der Waals surface area contributed by atoms with Crippen LogP contribution in [0, 0.1) is 0 Å². The first-order chi connectivity index (χ1) is 12.2. The molecule has 0 aliphatic rings. The minimum Gasteiger partial charge on any atom is -0.444 e. The molecule has 146 valence electrons. The molecule has 2 amide bonds. The maximum absolute atomic E-state index is 12.0. The predicted octanol–water partition coefficient (Wildman–Crippen LogP) is 3.73. The number of amides is 2. The van der Waals surface area contributed by atoms with Crippen LogP contribution in [-0.2, 0) is 9.53 Å². The van der Waals surface area contributed by atoms with E-state index in [0.29, 0.717) is 18.1 Å². The van der Waals surface area contributed by atoms with Crippen molar-refractivity contribution in [2.24, 2.45) is 0 Å². The highest BCUT2D eigenvalue weighted by molar-refractivity contribution is 7.99. The number of carbonyl (C=O) groups is 2. The lowest BCUT2D eigenvalue weighted by molar-refractivity contribution is -0.113. The van der Waals surface area contributed by atoms with Crippen LogP contribution in [0.15, 0.2) is 24.3 Å². The van der Waals surface area contributed by atoms with Gasteiger partial charge in [-0.05, 0) is 58.9 Å². The topological polar surface area (TPSA) is 70.7 Å². The average Bonchev–Trinajstić information content (AvgIpc) is 2.55. The van der Waals surface area contributed by atoms with Crippen LogP contribution in [0.5, 0.6) is 0 Å². The van der Waals surface area contributed by atoms with Crippen molar-refractivity contribution in [2.45, 2.75) is 40.2 Å². The summed E-state index contributed by atoms with van der Waals surface area (Å²) in [5.41, 5.74) is 1.44. The number of ether oxygens (including phenoxy) is 1. The Hall–Kier alpha value is -1.89. The van der Waals surface area contributed by atoms with Crippen molar-refractivity contribution in [3.05, 3.63) is 24.3 Å². The lowest BCUT2D eigenvalue weighted by atomic mass is 10.2. The quantitative estimate of drug-likeness (QED) is 0.638. The Labute approximate surface area is 161 Å². The second kappa shape index (κ2) is 11.0. The van der Waals surface area contributed by atoms with Crippen molar-refractivity contribution in [2.75, 3.05) is 41.4 Å². The van der Waals surface area contributed by atoms with E-state index >= 15 is 0 Å². The average molecular weight is 382 g/mol. The summed E-state index contributed by atoms with van der Waals surface area (Å²) in [6.07, 6.45) is -0.434. The summed E-state index contributed by atoms with van der Waals surface area (Å²) in [6.45, 7) is 12.1. The van der Waals surface area contributed by atoms with E-state index in [1.54, 1.807) is 0 Å². The normalized spacial score (nSPS) is 11.0. The highest BCUT2D eigenvalue weighted by Gasteiger charge is 2.15. The molecule has 0 atom stereocenters. The predicted molar refractivity (Wildman–Crippen MR) is 110 cm³/mol. The number of hydrogen-bond acceptors (Lipinski definition) is 5. The molecule has 0 aliphatic heterocycles. The number of nitrogens with zero attached hydrogens (tertiary/aromatic N) is 1. The van der Waals surface area contributed by atoms with Crippen LogP contribution >= 0.6 is 11.8 Å². The lowest BCUT2D eigenvalue weighted by Gasteiger charge is -2.21. The Kier molecular flexibility index (Phi) is 9.34. The molecule has 2 N–H and O–H groups in total. The van der Waals surface area contributed by atoms with E-state index < -0.39 is 11.7 Å². The molecular weight excluding hydrogens is 350 g/mol. The first kappa shape index (κ1) is 22.2. The summed E-state index contributed by atoms with van der Waals surface area (Å²) in [5.74, 6) is 0.935. The van der Waals surface area contributed by atoms with E-state index in [2.05, 4.69) is 29.4 Å². The van der Waals surface area contributed by atoms with Gasteiger partial charge in [-0.1, -0.05) is 0 Å². The van der Waals surface area contributed by atoms with Crippen LogP contribution in [0.25, 0.3) is 0 Å². The molecule has 26 heavy (non-hydrogen) atoms. The molecule has 0 saturated heterocycles. The fourth-order valence-corrected chi connectivity index (χ4v) is 2.89. The fourth-order valence-electron chi connectivity index (χ4n) is 2.25. The molecule has 1 aromatic rings. The van der Waals surface area contributed by atoms with Gasteiger partial charge in [-0.25, -0.2) is 4.79 Å². The molecule has 0 aliphatic carbocycles. The van der Waals surface area contributed by atoms with E-state index in [-0.39, 0.29) is 5.91 Å². The van der Waals surface area contributed by atoms with Gasteiger partial charge >= 0.3 is 6.09 Å². The van der Waals surface area contributed by atoms with Gasteiger partial charge in [0, 0.05) is 36.8 Å². The zero-order valence-electron chi connectivity index (χ0n) is 16.4. The van der Waals surface area contributed by atoms with Crippen molar-refractivity contribution >= 4 is 35.1 Å². The summed E-state index contributed by atoms with van der Waals surface area (Å²) in [4.78, 5) is 25.7. The number of thioether (sulfide) groups is 1. The molecule has 0 bridgehead atoms. The molecule has 0 radical (unpaired) electrons. The number of nitrogens with one attached hydrogen (secondary N) is 2. The van der Waals surface area contributed by atoms with Gasteiger partial charge in [0.05, 0.1) is 5.75 Å². The smallest absolute Gasteiger partial charge is 0.407 e. The molecule has 0 unspecified atom stereocenters. The molecule has 0 heterocycles. The number of carbonyl (C=O) groups excluding carboxylic acids is 2. The molecule has 6 nitrogen and oxygen atoms in total. The van der Waals surface area contributed by atoms with Crippen LogP contribution in [0.2, 0.25) is 0 Å². The number of hydrogen-bond donors (Lipinski definition) is 2. The minimum atomic E-state index is -0.502. The second-order valence-electron chi connectivity index (χ2n) is 6.75. The van der Waals surface area contributed by atoms with Crippen molar-refractivity contribution in [3.8, 4) is 0 Å². The monoisotopic (exact) mass is 381 g/mol. The van der Waals surface area contributed by atoms with Gasteiger partial charge < -0.3 is 20.3 Å². The van der Waals surface area contributed by atoms with Crippen LogP contribution in [0.4, 0.5) is 16.2 Å². The van der Waals surface area contributed by atoms with Gasteiger partial charge in [-0.3, -0.25) is 4.79 Å². The van der Waals surface area contributed by atoms with Gasteiger partial charge in [0.25, 0.3) is 0 Å². The maximum Gasteiger partial charge on any atom is 0.407 e. The first-order valence-electron chi connectivity index (χ1n) is 8.94. The van der Waals surface area contributed by atoms with Gasteiger partial charge in [-0.2, -0.15) is 11.8 Å². The lowest BCUT2D eigenvalue weighted by Crippen LogP contribution is -2.33. The first-order valence-corrected chi connectivity index (χ1v) is 10.1. The molecule has 0 aromatic heterocycles. The Morgan fingerprint density at radius 1 is 1.12 bits per heavy atom. The Bertz CT molecular complexity index is 566. The van der Waals surface area contributed by atoms with Crippen LogP contribution < -0.4 is 15.5 Å². The van der Waals surface area contributed by atoms with Gasteiger partial charge in [0.2, 0.25) is 5.91 Å². The van der Waals surface area contributed by atoms with E-state index in [1.165, 1.54) is 11.8 Å². The van der Waals surface area contributed by atoms with Crippen LogP contribution in [0.1, 0.15) is 34.6 Å². The largest absolute Gasteiger partial charge is 0.444 e. The Morgan fingerprint density at radius 3 is 2.27 bits per heavy atom. The molecule has 0 saturated carbocycles. The molecule has 0 fully saturated rings. The van der Waals surface area contributed by atoms with E-state index in [4.69, 9.17) is 4.74 Å². The van der Waals surface area contributed by atoms with Crippen molar-refractivity contribution < 1.29 is 14.3 Å². The molecule has 1 rings (SSSR count). The third-order valence-corrected chi connectivity index (χ3v) is 4.39. The number of benzene rings is 1. The van der Waals surface area contributed by atoms with Crippen molar-refractivity contribution in [3.63, 3.8) is 0 Å². The summed E-state index contributed by atoms with van der Waals surface area (Å²) in [5, 5.41) is 5.56. The molecule has 7 heteroatoms. The zero-order valence-corrected chi connectivity index (χ0v) is 17.2. The number of rotatable bonds is 9. The van der Waals surface area contributed by atoms with E-state index in [1.807, 2.05) is 45.0 Å². The SMILES string of the molecule is CCN(CC)c1ccc(NC(=O)CSCCNC(=O)OC(C)(C)C)cc1. The highest BCUT2D eigenvalue weighted by atomic mass is 32.2. The van der Waals surface area contributed by atoms with Gasteiger partial charge in [-0.15, -0.1) is 0 Å². The molecule has 1 aromatic carbocycles. The fraction of sp³-hybridized carbons (Fsp3) is 0.579. The highest BCUT2D eigenvalue weighted by Crippen LogP contribution is 2.18. The third kappa shape index (κ3) is 8.99. The Balaban J connectivity index is 2.25. The maximum atomic E-state index is 12.0. The van der Waals surface area contributed by atoms with Crippen molar-refractivity contribution in [1.82, 2.24) is 5.32 Å². The van der Waals surface area contributed by atoms with Gasteiger partial charge in [0.15, 0.2) is 0 Å². The van der Waals surface area contributed by atoms with Gasteiger partial charge in [0.1, 0.15) is 5.60 Å². The molecule has 0 spiro atoms. The standard InChI is InChI=1S/C19H31N3O3S/c1-6-22(7-2)16-10-8-15(9-11-16)21-17(23)14-26-13-12-20-18(24)25-19(3,4)5/h8-11H,6-7,12-14H2,1-5H3,(H,20,24)(H,21,23). The minimum absolute atomic E-state index is 0.0529. The van der Waals surface area contributed by atoms with E-state index in [9.17, 15) is 9.59 Å². The van der Waals surface area contributed by atoms with Crippen molar-refractivity contribution in [1.29, 1.82) is 0 Å². The summed E-state index contributed by atoms with van der Waals surface area (Å²) in [6, 6.07) is 7.86. The Morgan fingerprint density at radius 2 is 1.73 bits per heavy atom. The summed E-state index contributed by atoms with van der Waals surface area (Å²) in [7, 11) is 0. The summed E-state index contributed by atoms with van der Waals surface area (Å²) < 4.78 is 5.14. The molecular formula is C19H31N3O3S. The third-order valence-electron chi connectivity index (χ3n) is 3.43. The second-order valence-corrected chi connectivity index (χ2v) is 7.85. The van der Waals surface area contributed by atoms with Crippen LogP contribution in [0.3, 0.4) is 0 Å².